The summed E-state index contributed by atoms with van der Waals surface area (Å²) in [4.78, 5) is 23.6. The summed E-state index contributed by atoms with van der Waals surface area (Å²) < 4.78 is 5.10. The molecule has 2 aromatic rings. The molecule has 2 N–H and O–H groups in total. The van der Waals surface area contributed by atoms with E-state index in [1.165, 1.54) is 6.21 Å². The molecule has 0 atom stereocenters. The highest BCUT2D eigenvalue weighted by Crippen LogP contribution is 2.20. The SMILES string of the molecule is COc1cccc(C=NNC(=O)CCC(=O)Nc2ccccc2Cl)c1. The molecule has 0 heterocycles. The smallest absolute Gasteiger partial charge is 0.240 e. The van der Waals surface area contributed by atoms with Crippen LogP contribution in [0.3, 0.4) is 0 Å². The Morgan fingerprint density at radius 1 is 1.12 bits per heavy atom. The second kappa shape index (κ2) is 9.44. The van der Waals surface area contributed by atoms with Crippen LogP contribution in [0.5, 0.6) is 5.75 Å². The van der Waals surface area contributed by atoms with Crippen molar-refractivity contribution in [3.05, 3.63) is 59.1 Å². The van der Waals surface area contributed by atoms with E-state index in [0.717, 1.165) is 5.56 Å². The van der Waals surface area contributed by atoms with Crippen LogP contribution in [0.2, 0.25) is 5.02 Å². The molecule has 2 aromatic carbocycles. The minimum Gasteiger partial charge on any atom is -0.497 e. The van der Waals surface area contributed by atoms with E-state index < -0.39 is 0 Å². The molecule has 0 aliphatic rings. The van der Waals surface area contributed by atoms with Crippen molar-refractivity contribution in [1.82, 2.24) is 5.43 Å². The average molecular weight is 360 g/mol. The highest BCUT2D eigenvalue weighted by Gasteiger charge is 2.08. The Hall–Kier alpha value is -2.86. The average Bonchev–Trinajstić information content (AvgIpc) is 2.62. The molecule has 7 heteroatoms. The number of carbonyl (C=O) groups excluding carboxylic acids is 2. The second-order valence-electron chi connectivity index (χ2n) is 5.10. The Labute approximate surface area is 150 Å². The molecule has 2 rings (SSSR count). The minimum atomic E-state index is -0.353. The molecule has 2 amide bonds. The molecule has 0 fully saturated rings. The maximum Gasteiger partial charge on any atom is 0.240 e. The Bertz CT molecular complexity index is 778. The molecular formula is C18H18ClN3O3. The predicted molar refractivity (Wildman–Crippen MR) is 98.0 cm³/mol. The molecule has 0 aliphatic heterocycles. The number of carbonyl (C=O) groups is 2. The normalized spacial score (nSPS) is 10.5. The van der Waals surface area contributed by atoms with Crippen LogP contribution in [0, 0.1) is 0 Å². The van der Waals surface area contributed by atoms with Gasteiger partial charge in [0.25, 0.3) is 0 Å². The first kappa shape index (κ1) is 18.5. The number of ether oxygens (including phenoxy) is 1. The number of hydrazone groups is 1. The van der Waals surface area contributed by atoms with Crippen molar-refractivity contribution in [2.45, 2.75) is 12.8 Å². The Morgan fingerprint density at radius 3 is 2.64 bits per heavy atom. The Balaban J connectivity index is 1.75. The summed E-state index contributed by atoms with van der Waals surface area (Å²) in [7, 11) is 1.58. The lowest BCUT2D eigenvalue weighted by molar-refractivity contribution is -0.124. The highest BCUT2D eigenvalue weighted by atomic mass is 35.5. The first-order valence-corrected chi connectivity index (χ1v) is 7.96. The number of hydrogen-bond acceptors (Lipinski definition) is 4. The highest BCUT2D eigenvalue weighted by molar-refractivity contribution is 6.33. The van der Waals surface area contributed by atoms with Crippen molar-refractivity contribution in [1.29, 1.82) is 0 Å². The summed E-state index contributed by atoms with van der Waals surface area (Å²) in [6, 6.07) is 14.2. The maximum atomic E-state index is 11.8. The number of halogens is 1. The monoisotopic (exact) mass is 359 g/mol. The lowest BCUT2D eigenvalue weighted by Crippen LogP contribution is -2.20. The van der Waals surface area contributed by atoms with Gasteiger partial charge in [-0.25, -0.2) is 5.43 Å². The number of benzene rings is 2. The molecule has 6 nitrogen and oxygen atoms in total. The quantitative estimate of drug-likeness (QED) is 0.588. The van der Waals surface area contributed by atoms with Gasteiger partial charge >= 0.3 is 0 Å². The van der Waals surface area contributed by atoms with E-state index in [2.05, 4.69) is 15.8 Å². The van der Waals surface area contributed by atoms with Gasteiger partial charge < -0.3 is 10.1 Å². The minimum absolute atomic E-state index is 0.0196. The van der Waals surface area contributed by atoms with Crippen LogP contribution < -0.4 is 15.5 Å². The van der Waals surface area contributed by atoms with Crippen LogP contribution in [0.1, 0.15) is 18.4 Å². The summed E-state index contributed by atoms with van der Waals surface area (Å²) in [5.41, 5.74) is 3.69. The number of rotatable bonds is 7. The van der Waals surface area contributed by atoms with Gasteiger partial charge in [-0.15, -0.1) is 0 Å². The fraction of sp³-hybridized carbons (Fsp3) is 0.167. The van der Waals surface area contributed by atoms with Gasteiger partial charge in [0.2, 0.25) is 11.8 Å². The van der Waals surface area contributed by atoms with Crippen molar-refractivity contribution in [3.8, 4) is 5.75 Å². The lowest BCUT2D eigenvalue weighted by Gasteiger charge is -2.06. The molecule has 0 bridgehead atoms. The summed E-state index contributed by atoms with van der Waals surface area (Å²) in [6.45, 7) is 0. The third-order valence-corrected chi connectivity index (χ3v) is 3.55. The van der Waals surface area contributed by atoms with Gasteiger partial charge in [0.1, 0.15) is 5.75 Å². The Morgan fingerprint density at radius 2 is 1.88 bits per heavy atom. The van der Waals surface area contributed by atoms with E-state index in [4.69, 9.17) is 16.3 Å². The number of methoxy groups -OCH3 is 1. The molecule has 0 unspecified atom stereocenters. The van der Waals surface area contributed by atoms with Crippen LogP contribution in [-0.2, 0) is 9.59 Å². The molecule has 0 radical (unpaired) electrons. The summed E-state index contributed by atoms with van der Waals surface area (Å²) >= 11 is 5.96. The van der Waals surface area contributed by atoms with Gasteiger partial charge in [-0.2, -0.15) is 5.10 Å². The van der Waals surface area contributed by atoms with Crippen LogP contribution >= 0.6 is 11.6 Å². The summed E-state index contributed by atoms with van der Waals surface area (Å²) in [6.07, 6.45) is 1.56. The third-order valence-electron chi connectivity index (χ3n) is 3.22. The van der Waals surface area contributed by atoms with Gasteiger partial charge in [0.15, 0.2) is 0 Å². The lowest BCUT2D eigenvalue weighted by atomic mass is 10.2. The molecule has 0 aromatic heterocycles. The van der Waals surface area contributed by atoms with Crippen molar-refractivity contribution in [3.63, 3.8) is 0 Å². The zero-order valence-corrected chi connectivity index (χ0v) is 14.4. The predicted octanol–water partition coefficient (Wildman–Crippen LogP) is 3.22. The van der Waals surface area contributed by atoms with E-state index in [-0.39, 0.29) is 24.7 Å². The zero-order chi connectivity index (χ0) is 18.1. The van der Waals surface area contributed by atoms with E-state index in [1.54, 1.807) is 37.4 Å². The molecule has 0 saturated heterocycles. The maximum absolute atomic E-state index is 11.8. The zero-order valence-electron chi connectivity index (χ0n) is 13.7. The molecular weight excluding hydrogens is 342 g/mol. The standard InChI is InChI=1S/C18H18ClN3O3/c1-25-14-6-4-5-13(11-14)12-20-22-18(24)10-9-17(23)21-16-8-3-2-7-15(16)19/h2-8,11-12H,9-10H2,1H3,(H,21,23)(H,22,24). The van der Waals surface area contributed by atoms with Gasteiger partial charge in [-0.1, -0.05) is 35.9 Å². The van der Waals surface area contributed by atoms with Gasteiger partial charge in [-0.05, 0) is 29.8 Å². The number of nitrogens with zero attached hydrogens (tertiary/aromatic N) is 1. The van der Waals surface area contributed by atoms with Crippen molar-refractivity contribution in [2.24, 2.45) is 5.10 Å². The fourth-order valence-electron chi connectivity index (χ4n) is 1.96. The summed E-state index contributed by atoms with van der Waals surface area (Å²) in [5, 5.41) is 6.96. The molecule has 0 saturated carbocycles. The molecule has 130 valence electrons. The molecule has 0 aliphatic carbocycles. The number of hydrogen-bond donors (Lipinski definition) is 2. The molecule has 0 spiro atoms. The van der Waals surface area contributed by atoms with Crippen molar-refractivity contribution < 1.29 is 14.3 Å². The van der Waals surface area contributed by atoms with Crippen molar-refractivity contribution in [2.75, 3.05) is 12.4 Å². The van der Waals surface area contributed by atoms with E-state index >= 15 is 0 Å². The van der Waals surface area contributed by atoms with Crippen LogP contribution in [0.4, 0.5) is 5.69 Å². The van der Waals surface area contributed by atoms with Gasteiger partial charge in [0.05, 0.1) is 24.0 Å². The Kier molecular flexibility index (Phi) is 6.98. The number of anilines is 1. The van der Waals surface area contributed by atoms with Crippen molar-refractivity contribution >= 4 is 35.3 Å². The van der Waals surface area contributed by atoms with Gasteiger partial charge in [-0.3, -0.25) is 9.59 Å². The van der Waals surface area contributed by atoms with Crippen LogP contribution in [-0.4, -0.2) is 25.1 Å². The number of nitrogens with one attached hydrogen (secondary N) is 2. The second-order valence-corrected chi connectivity index (χ2v) is 5.51. The molecule has 25 heavy (non-hydrogen) atoms. The van der Waals surface area contributed by atoms with Crippen LogP contribution in [0.25, 0.3) is 0 Å². The third kappa shape index (κ3) is 6.27. The topological polar surface area (TPSA) is 79.8 Å². The van der Waals surface area contributed by atoms with Crippen LogP contribution in [0.15, 0.2) is 53.6 Å². The largest absolute Gasteiger partial charge is 0.497 e. The van der Waals surface area contributed by atoms with E-state index in [0.29, 0.717) is 16.5 Å². The fourth-order valence-corrected chi connectivity index (χ4v) is 2.14. The van der Waals surface area contributed by atoms with E-state index in [1.807, 2.05) is 18.2 Å². The first-order chi connectivity index (χ1) is 12.1. The number of para-hydroxylation sites is 1. The van der Waals surface area contributed by atoms with E-state index in [9.17, 15) is 9.59 Å². The summed E-state index contributed by atoms with van der Waals surface area (Å²) in [5.74, 6) is 0.0556. The van der Waals surface area contributed by atoms with Gasteiger partial charge in [0, 0.05) is 12.8 Å². The number of amides is 2. The first-order valence-electron chi connectivity index (χ1n) is 7.59.